The summed E-state index contributed by atoms with van der Waals surface area (Å²) in [7, 11) is 0. The number of aliphatic carboxylic acids is 1. The van der Waals surface area contributed by atoms with Gasteiger partial charge in [0.15, 0.2) is 0 Å². The highest BCUT2D eigenvalue weighted by Crippen LogP contribution is 2.29. The molecule has 2 N–H and O–H groups in total. The molecule has 25 heavy (non-hydrogen) atoms. The lowest BCUT2D eigenvalue weighted by Gasteiger charge is -2.28. The predicted molar refractivity (Wildman–Crippen MR) is 88.4 cm³/mol. The molecule has 8 nitrogen and oxygen atoms in total. The Balaban J connectivity index is 1.52. The van der Waals surface area contributed by atoms with Crippen molar-refractivity contribution in [1.82, 2.24) is 10.3 Å². The zero-order valence-corrected chi connectivity index (χ0v) is 13.8. The zero-order valence-electron chi connectivity index (χ0n) is 13.8. The van der Waals surface area contributed by atoms with Crippen LogP contribution in [-0.4, -0.2) is 40.6 Å². The molecule has 1 aliphatic heterocycles. The van der Waals surface area contributed by atoms with Crippen molar-refractivity contribution in [3.05, 3.63) is 18.3 Å². The van der Waals surface area contributed by atoms with E-state index in [1.807, 2.05) is 0 Å². The molecule has 0 radical (unpaired) electrons. The SMILES string of the molecule is O=C(O)CC1CCC(Oc2ccc(N3CCC(=O)NC3=O)cn2)CC1. The lowest BCUT2D eigenvalue weighted by molar-refractivity contribution is -0.138. The Morgan fingerprint density at radius 2 is 2.04 bits per heavy atom. The number of hydrogen-bond donors (Lipinski definition) is 2. The van der Waals surface area contributed by atoms with Gasteiger partial charge in [-0.2, -0.15) is 0 Å². The summed E-state index contributed by atoms with van der Waals surface area (Å²) in [6.07, 6.45) is 5.41. The minimum Gasteiger partial charge on any atom is -0.481 e. The lowest BCUT2D eigenvalue weighted by atomic mass is 9.85. The van der Waals surface area contributed by atoms with Crippen molar-refractivity contribution in [3.8, 4) is 5.88 Å². The molecule has 8 heteroatoms. The smallest absolute Gasteiger partial charge is 0.328 e. The van der Waals surface area contributed by atoms with Crippen LogP contribution in [0.25, 0.3) is 0 Å². The standard InChI is InChI=1S/C17H21N3O5/c21-14-7-8-20(17(24)19-14)12-3-6-15(18-10-12)25-13-4-1-11(2-5-13)9-16(22)23/h3,6,10-11,13H,1-2,4-5,7-9H2,(H,22,23)(H,19,21,24). The molecule has 3 amide bonds. The predicted octanol–water partition coefficient (Wildman–Crippen LogP) is 1.94. The third kappa shape index (κ3) is 4.46. The van der Waals surface area contributed by atoms with Crippen LogP contribution in [0.2, 0.25) is 0 Å². The summed E-state index contributed by atoms with van der Waals surface area (Å²) in [5.74, 6) is -0.301. The number of carbonyl (C=O) groups is 3. The number of amides is 3. The van der Waals surface area contributed by atoms with Gasteiger partial charge in [-0.05, 0) is 37.7 Å². The van der Waals surface area contributed by atoms with Gasteiger partial charge in [0.2, 0.25) is 11.8 Å². The molecule has 0 bridgehead atoms. The monoisotopic (exact) mass is 347 g/mol. The number of carboxylic acids is 1. The molecule has 3 rings (SSSR count). The Morgan fingerprint density at radius 3 is 2.64 bits per heavy atom. The number of anilines is 1. The summed E-state index contributed by atoms with van der Waals surface area (Å²) in [6, 6.07) is 3.01. The van der Waals surface area contributed by atoms with Crippen molar-refractivity contribution in [2.45, 2.75) is 44.6 Å². The molecule has 1 saturated heterocycles. The summed E-state index contributed by atoms with van der Waals surface area (Å²) in [6.45, 7) is 0.333. The van der Waals surface area contributed by atoms with Crippen molar-refractivity contribution < 1.29 is 24.2 Å². The number of pyridine rings is 1. The molecule has 1 aromatic rings. The fourth-order valence-corrected chi connectivity index (χ4v) is 3.28. The van der Waals surface area contributed by atoms with Crippen molar-refractivity contribution in [2.24, 2.45) is 5.92 Å². The Morgan fingerprint density at radius 1 is 1.28 bits per heavy atom. The minimum absolute atomic E-state index is 0.0410. The largest absolute Gasteiger partial charge is 0.481 e. The third-order valence-electron chi connectivity index (χ3n) is 4.63. The van der Waals surface area contributed by atoms with Gasteiger partial charge in [0.1, 0.15) is 6.10 Å². The number of urea groups is 1. The summed E-state index contributed by atoms with van der Waals surface area (Å²) >= 11 is 0. The number of nitrogens with one attached hydrogen (secondary N) is 1. The minimum atomic E-state index is -0.745. The number of imide groups is 1. The second kappa shape index (κ2) is 7.50. The van der Waals surface area contributed by atoms with E-state index in [2.05, 4.69) is 10.3 Å². The number of ether oxygens (including phenoxy) is 1. The van der Waals surface area contributed by atoms with Crippen molar-refractivity contribution in [2.75, 3.05) is 11.4 Å². The van der Waals surface area contributed by atoms with Gasteiger partial charge in [-0.25, -0.2) is 9.78 Å². The molecule has 1 saturated carbocycles. The zero-order chi connectivity index (χ0) is 17.8. The first-order chi connectivity index (χ1) is 12.0. The average Bonchev–Trinajstić information content (AvgIpc) is 2.57. The molecule has 1 aliphatic carbocycles. The van der Waals surface area contributed by atoms with Gasteiger partial charge < -0.3 is 9.84 Å². The van der Waals surface area contributed by atoms with E-state index in [1.54, 1.807) is 18.3 Å². The van der Waals surface area contributed by atoms with E-state index in [-0.39, 0.29) is 30.8 Å². The second-order valence-corrected chi connectivity index (χ2v) is 6.47. The molecule has 2 fully saturated rings. The molecule has 134 valence electrons. The molecule has 2 aliphatic rings. The van der Waals surface area contributed by atoms with Crippen LogP contribution >= 0.6 is 0 Å². The molecule has 0 spiro atoms. The van der Waals surface area contributed by atoms with Crippen molar-refractivity contribution >= 4 is 23.6 Å². The van der Waals surface area contributed by atoms with Crippen LogP contribution in [0.5, 0.6) is 5.88 Å². The van der Waals surface area contributed by atoms with Crippen LogP contribution in [0.3, 0.4) is 0 Å². The van der Waals surface area contributed by atoms with Gasteiger partial charge in [0.25, 0.3) is 0 Å². The number of nitrogens with zero attached hydrogens (tertiary/aromatic N) is 2. The Hall–Kier alpha value is -2.64. The van der Waals surface area contributed by atoms with Gasteiger partial charge in [0, 0.05) is 25.5 Å². The Kier molecular flexibility index (Phi) is 5.16. The average molecular weight is 347 g/mol. The number of carboxylic acid groups (broad SMARTS) is 1. The van der Waals surface area contributed by atoms with Gasteiger partial charge in [-0.15, -0.1) is 0 Å². The van der Waals surface area contributed by atoms with E-state index in [0.29, 0.717) is 18.1 Å². The van der Waals surface area contributed by atoms with E-state index in [1.165, 1.54) is 4.90 Å². The Labute approximate surface area is 145 Å². The highest BCUT2D eigenvalue weighted by molar-refractivity contribution is 6.05. The van der Waals surface area contributed by atoms with E-state index in [4.69, 9.17) is 9.84 Å². The number of rotatable bonds is 5. The van der Waals surface area contributed by atoms with Crippen LogP contribution in [0.1, 0.15) is 38.5 Å². The number of hydrogen-bond acceptors (Lipinski definition) is 5. The molecular formula is C17H21N3O5. The summed E-state index contributed by atoms with van der Waals surface area (Å²) in [5, 5.41) is 11.1. The molecular weight excluding hydrogens is 326 g/mol. The first-order valence-electron chi connectivity index (χ1n) is 8.47. The third-order valence-corrected chi connectivity index (χ3v) is 4.63. The van der Waals surface area contributed by atoms with E-state index in [9.17, 15) is 14.4 Å². The maximum Gasteiger partial charge on any atom is 0.328 e. The van der Waals surface area contributed by atoms with Crippen LogP contribution < -0.4 is 15.0 Å². The summed E-state index contributed by atoms with van der Waals surface area (Å²) in [5.41, 5.74) is 0.613. The van der Waals surface area contributed by atoms with E-state index in [0.717, 1.165) is 25.7 Å². The molecule has 0 aromatic carbocycles. The molecule has 1 aromatic heterocycles. The lowest BCUT2D eigenvalue weighted by Crippen LogP contribution is -2.49. The highest BCUT2D eigenvalue weighted by atomic mass is 16.5. The van der Waals surface area contributed by atoms with E-state index >= 15 is 0 Å². The highest BCUT2D eigenvalue weighted by Gasteiger charge is 2.26. The van der Waals surface area contributed by atoms with Gasteiger partial charge in [0.05, 0.1) is 11.9 Å². The molecule has 0 unspecified atom stereocenters. The van der Waals surface area contributed by atoms with Gasteiger partial charge in [-0.1, -0.05) is 0 Å². The van der Waals surface area contributed by atoms with Crippen molar-refractivity contribution in [1.29, 1.82) is 0 Å². The number of carbonyl (C=O) groups excluding carboxylic acids is 2. The maximum absolute atomic E-state index is 11.8. The first kappa shape index (κ1) is 17.2. The first-order valence-corrected chi connectivity index (χ1v) is 8.47. The van der Waals surface area contributed by atoms with E-state index < -0.39 is 12.0 Å². The topological polar surface area (TPSA) is 109 Å². The normalized spacial score (nSPS) is 23.9. The van der Waals surface area contributed by atoms with Crippen LogP contribution in [0.15, 0.2) is 18.3 Å². The quantitative estimate of drug-likeness (QED) is 0.842. The van der Waals surface area contributed by atoms with Gasteiger partial charge in [-0.3, -0.25) is 19.8 Å². The van der Waals surface area contributed by atoms with Crippen LogP contribution in [-0.2, 0) is 9.59 Å². The number of aromatic nitrogens is 1. The summed E-state index contributed by atoms with van der Waals surface area (Å²) < 4.78 is 5.86. The second-order valence-electron chi connectivity index (χ2n) is 6.47. The van der Waals surface area contributed by atoms with Gasteiger partial charge >= 0.3 is 12.0 Å². The summed E-state index contributed by atoms with van der Waals surface area (Å²) in [4.78, 5) is 39.5. The maximum atomic E-state index is 11.8. The van der Waals surface area contributed by atoms with Crippen molar-refractivity contribution in [3.63, 3.8) is 0 Å². The fourth-order valence-electron chi connectivity index (χ4n) is 3.28. The molecule has 2 heterocycles. The Bertz CT molecular complexity index is 653. The van der Waals surface area contributed by atoms with Crippen LogP contribution in [0.4, 0.5) is 10.5 Å². The fraction of sp³-hybridized carbons (Fsp3) is 0.529. The molecule has 0 atom stereocenters. The van der Waals surface area contributed by atoms with Crippen LogP contribution in [0, 0.1) is 5.92 Å².